The van der Waals surface area contributed by atoms with Gasteiger partial charge in [-0.05, 0) is 24.5 Å². The molecular formula is C20H24F2N2O2. The topological polar surface area (TPSA) is 47.7 Å². The quantitative estimate of drug-likeness (QED) is 0.811. The predicted molar refractivity (Wildman–Crippen MR) is 96.2 cm³/mol. The molecule has 0 bridgehead atoms. The van der Waals surface area contributed by atoms with Crippen molar-refractivity contribution >= 4 is 0 Å². The van der Waals surface area contributed by atoms with Crippen molar-refractivity contribution in [2.45, 2.75) is 25.1 Å². The lowest BCUT2D eigenvalue weighted by molar-refractivity contribution is 0.0404. The van der Waals surface area contributed by atoms with Crippen LogP contribution in [0.2, 0.25) is 0 Å². The average Bonchev–Trinajstić information content (AvgIpc) is 2.67. The molecule has 2 aromatic carbocycles. The molecule has 3 atom stereocenters. The lowest BCUT2D eigenvalue weighted by Crippen LogP contribution is -2.44. The van der Waals surface area contributed by atoms with E-state index in [2.05, 4.69) is 0 Å². The molecule has 26 heavy (non-hydrogen) atoms. The molecule has 1 aliphatic rings. The summed E-state index contributed by atoms with van der Waals surface area (Å²) in [6.45, 7) is 0.687. The maximum atomic E-state index is 15.7. The summed E-state index contributed by atoms with van der Waals surface area (Å²) in [6, 6.07) is 12.0. The second-order valence-corrected chi connectivity index (χ2v) is 6.53. The van der Waals surface area contributed by atoms with Gasteiger partial charge in [-0.25, -0.2) is 13.8 Å². The monoisotopic (exact) mass is 362 g/mol. The van der Waals surface area contributed by atoms with Gasteiger partial charge in [-0.2, -0.15) is 0 Å². The highest BCUT2D eigenvalue weighted by atomic mass is 19.1. The van der Waals surface area contributed by atoms with Crippen molar-refractivity contribution in [1.29, 1.82) is 0 Å². The summed E-state index contributed by atoms with van der Waals surface area (Å²) >= 11 is 0. The molecule has 0 radical (unpaired) electrons. The molecule has 0 amide bonds. The lowest BCUT2D eigenvalue weighted by atomic mass is 9.80. The van der Waals surface area contributed by atoms with Gasteiger partial charge in [0.15, 0.2) is 11.6 Å². The minimum Gasteiger partial charge on any atom is -0.497 e. The van der Waals surface area contributed by atoms with Crippen LogP contribution in [0.5, 0.6) is 11.5 Å². The Labute approximate surface area is 152 Å². The first-order chi connectivity index (χ1) is 12.6. The Kier molecular flexibility index (Phi) is 5.74. The van der Waals surface area contributed by atoms with Crippen LogP contribution in [0.1, 0.15) is 36.2 Å². The summed E-state index contributed by atoms with van der Waals surface area (Å²) in [5.41, 5.74) is 1.11. The number of nitrogens with two attached hydrogens (primary N) is 1. The van der Waals surface area contributed by atoms with Gasteiger partial charge in [0.05, 0.1) is 20.3 Å². The number of benzene rings is 2. The molecule has 1 heterocycles. The second kappa shape index (κ2) is 8.01. The summed E-state index contributed by atoms with van der Waals surface area (Å²) < 4.78 is 40.3. The van der Waals surface area contributed by atoms with E-state index in [0.717, 1.165) is 12.0 Å². The van der Waals surface area contributed by atoms with Crippen LogP contribution < -0.4 is 15.3 Å². The minimum absolute atomic E-state index is 0.0840. The number of rotatable bonds is 5. The third kappa shape index (κ3) is 3.52. The maximum Gasteiger partial charge on any atom is 0.169 e. The summed E-state index contributed by atoms with van der Waals surface area (Å²) in [4.78, 5) is 0. The molecule has 2 N–H and O–H groups in total. The summed E-state index contributed by atoms with van der Waals surface area (Å²) in [6.07, 6.45) is -0.0121. The number of halogens is 2. The fourth-order valence-electron chi connectivity index (χ4n) is 3.81. The molecule has 3 rings (SSSR count). The normalized spacial score (nSPS) is 22.0. The molecule has 1 saturated heterocycles. The molecule has 3 unspecified atom stereocenters. The summed E-state index contributed by atoms with van der Waals surface area (Å²) in [5, 5.41) is 1.68. The Balaban J connectivity index is 2.02. The van der Waals surface area contributed by atoms with Crippen molar-refractivity contribution < 1.29 is 18.3 Å². The smallest absolute Gasteiger partial charge is 0.169 e. The van der Waals surface area contributed by atoms with Gasteiger partial charge >= 0.3 is 0 Å². The first-order valence-corrected chi connectivity index (χ1v) is 8.68. The van der Waals surface area contributed by atoms with Crippen LogP contribution in [-0.4, -0.2) is 25.8 Å². The zero-order valence-electron chi connectivity index (χ0n) is 15.0. The van der Waals surface area contributed by atoms with Crippen LogP contribution in [0, 0.1) is 11.7 Å². The molecule has 0 aromatic heterocycles. The SMILES string of the molecule is COc1cc(F)c(OC)c(C(F)C2CCCN(N)C2c2ccccc2)c1. The van der Waals surface area contributed by atoms with Crippen LogP contribution in [0.3, 0.4) is 0 Å². The zero-order chi connectivity index (χ0) is 18.7. The molecule has 2 aromatic rings. The molecule has 1 aliphatic heterocycles. The van der Waals surface area contributed by atoms with Gasteiger partial charge in [0, 0.05) is 24.1 Å². The van der Waals surface area contributed by atoms with Crippen molar-refractivity contribution in [3.05, 3.63) is 59.4 Å². The number of methoxy groups -OCH3 is 2. The van der Waals surface area contributed by atoms with Crippen LogP contribution in [0.25, 0.3) is 0 Å². The Morgan fingerprint density at radius 3 is 2.54 bits per heavy atom. The molecule has 6 heteroatoms. The number of hydrogen-bond acceptors (Lipinski definition) is 4. The summed E-state index contributed by atoms with van der Waals surface area (Å²) in [7, 11) is 2.76. The number of alkyl halides is 1. The van der Waals surface area contributed by atoms with Crippen molar-refractivity contribution in [3.8, 4) is 11.5 Å². The van der Waals surface area contributed by atoms with E-state index in [1.54, 1.807) is 5.01 Å². The molecular weight excluding hydrogens is 338 g/mol. The van der Waals surface area contributed by atoms with E-state index in [0.29, 0.717) is 13.0 Å². The fourth-order valence-corrected chi connectivity index (χ4v) is 3.81. The Morgan fingerprint density at radius 2 is 1.88 bits per heavy atom. The largest absolute Gasteiger partial charge is 0.497 e. The van der Waals surface area contributed by atoms with Gasteiger partial charge in [0.2, 0.25) is 0 Å². The van der Waals surface area contributed by atoms with E-state index >= 15 is 4.39 Å². The van der Waals surface area contributed by atoms with Gasteiger partial charge in [-0.15, -0.1) is 0 Å². The molecule has 140 valence electrons. The second-order valence-electron chi connectivity index (χ2n) is 6.53. The zero-order valence-corrected chi connectivity index (χ0v) is 15.0. The summed E-state index contributed by atoms with van der Waals surface area (Å²) in [5.74, 6) is 5.33. The van der Waals surface area contributed by atoms with Gasteiger partial charge in [-0.1, -0.05) is 30.3 Å². The Hall–Kier alpha value is -2.18. The van der Waals surface area contributed by atoms with E-state index < -0.39 is 17.9 Å². The maximum absolute atomic E-state index is 15.7. The highest BCUT2D eigenvalue weighted by Crippen LogP contribution is 2.46. The van der Waals surface area contributed by atoms with Crippen molar-refractivity contribution in [1.82, 2.24) is 5.01 Å². The van der Waals surface area contributed by atoms with E-state index in [1.165, 1.54) is 26.4 Å². The average molecular weight is 362 g/mol. The van der Waals surface area contributed by atoms with Crippen LogP contribution in [0.15, 0.2) is 42.5 Å². The molecule has 0 saturated carbocycles. The Bertz CT molecular complexity index is 742. The Morgan fingerprint density at radius 1 is 1.15 bits per heavy atom. The first kappa shape index (κ1) is 18.6. The van der Waals surface area contributed by atoms with Gasteiger partial charge < -0.3 is 9.47 Å². The molecule has 4 nitrogen and oxygen atoms in total. The number of hydrogen-bond donors (Lipinski definition) is 1. The highest BCUT2D eigenvalue weighted by molar-refractivity contribution is 5.43. The number of nitrogens with zero attached hydrogens (tertiary/aromatic N) is 1. The fraction of sp³-hybridized carbons (Fsp3) is 0.400. The van der Waals surface area contributed by atoms with E-state index in [9.17, 15) is 4.39 Å². The lowest BCUT2D eigenvalue weighted by Gasteiger charge is -2.40. The van der Waals surface area contributed by atoms with Gasteiger partial charge in [-0.3, -0.25) is 5.84 Å². The molecule has 1 fully saturated rings. The van der Waals surface area contributed by atoms with E-state index in [4.69, 9.17) is 15.3 Å². The third-order valence-electron chi connectivity index (χ3n) is 5.02. The molecule has 0 aliphatic carbocycles. The van der Waals surface area contributed by atoms with Crippen molar-refractivity contribution in [3.63, 3.8) is 0 Å². The standard InChI is InChI=1S/C20H24F2N2O2/c1-25-14-11-16(20(26-2)17(21)12-14)18(22)15-9-6-10-24(23)19(15)13-7-4-3-5-8-13/h3-5,7-8,11-12,15,18-19H,6,9-10,23H2,1-2H3. The van der Waals surface area contributed by atoms with Gasteiger partial charge in [0.1, 0.15) is 11.9 Å². The van der Waals surface area contributed by atoms with Crippen molar-refractivity contribution in [2.75, 3.05) is 20.8 Å². The van der Waals surface area contributed by atoms with E-state index in [-0.39, 0.29) is 23.1 Å². The van der Waals surface area contributed by atoms with Gasteiger partial charge in [0.25, 0.3) is 0 Å². The minimum atomic E-state index is -1.44. The third-order valence-corrected chi connectivity index (χ3v) is 5.02. The van der Waals surface area contributed by atoms with Crippen LogP contribution in [0.4, 0.5) is 8.78 Å². The predicted octanol–water partition coefficient (Wildman–Crippen LogP) is 4.18. The number of ether oxygens (including phenoxy) is 2. The van der Waals surface area contributed by atoms with E-state index in [1.807, 2.05) is 30.3 Å². The van der Waals surface area contributed by atoms with Crippen LogP contribution in [-0.2, 0) is 0 Å². The number of piperidine rings is 1. The van der Waals surface area contributed by atoms with Crippen molar-refractivity contribution in [2.24, 2.45) is 11.8 Å². The number of hydrazine groups is 1. The first-order valence-electron chi connectivity index (χ1n) is 8.68. The highest BCUT2D eigenvalue weighted by Gasteiger charge is 2.39. The van der Waals surface area contributed by atoms with Crippen LogP contribution >= 0.6 is 0 Å². The molecule has 0 spiro atoms.